The molecular formula is C22H34O2. The van der Waals surface area contributed by atoms with Crippen molar-refractivity contribution < 1.29 is 9.90 Å². The molecule has 1 spiro atoms. The second kappa shape index (κ2) is 5.32. The average molecular weight is 331 g/mol. The lowest BCUT2D eigenvalue weighted by molar-refractivity contribution is -0.149. The summed E-state index contributed by atoms with van der Waals surface area (Å²) < 4.78 is 0. The summed E-state index contributed by atoms with van der Waals surface area (Å²) in [5, 5.41) is 10.2. The molecule has 0 amide bonds. The molecule has 0 aromatic rings. The molecule has 2 heteroatoms. The van der Waals surface area contributed by atoms with Gasteiger partial charge in [-0.05, 0) is 105 Å². The van der Waals surface area contributed by atoms with Gasteiger partial charge in [-0.1, -0.05) is 6.92 Å². The van der Waals surface area contributed by atoms with Crippen LogP contribution in [0.25, 0.3) is 0 Å². The molecular weight excluding hydrogens is 296 g/mol. The minimum absolute atomic E-state index is 0.0404. The minimum Gasteiger partial charge on any atom is -0.393 e. The van der Waals surface area contributed by atoms with Crippen molar-refractivity contribution in [1.82, 2.24) is 0 Å². The number of hydrogen-bond acceptors (Lipinski definition) is 2. The second-order valence-corrected chi connectivity index (χ2v) is 10.3. The van der Waals surface area contributed by atoms with Crippen LogP contribution in [0.4, 0.5) is 0 Å². The smallest absolute Gasteiger partial charge is 0.136 e. The van der Waals surface area contributed by atoms with Gasteiger partial charge in [-0.25, -0.2) is 0 Å². The molecule has 1 N–H and O–H groups in total. The number of fused-ring (bicyclic) bond motifs is 4. The maximum atomic E-state index is 12.6. The fraction of sp³-hybridized carbons (Fsp3) is 0.955. The molecule has 0 saturated heterocycles. The van der Waals surface area contributed by atoms with Crippen LogP contribution in [0.3, 0.4) is 0 Å². The molecule has 5 rings (SSSR count). The molecule has 0 aromatic heterocycles. The SMILES string of the molecule is C[C@]12CC[C@@H](O)C[C@H]1CCC1C3CCC4C(=O)CCCC43CCC12. The maximum Gasteiger partial charge on any atom is 0.136 e. The van der Waals surface area contributed by atoms with E-state index >= 15 is 0 Å². The highest BCUT2D eigenvalue weighted by Crippen LogP contribution is 2.69. The number of carbonyl (C=O) groups excluding carboxylic acids is 1. The van der Waals surface area contributed by atoms with Crippen molar-refractivity contribution in [2.75, 3.05) is 0 Å². The average Bonchev–Trinajstić information content (AvgIpc) is 2.96. The van der Waals surface area contributed by atoms with Crippen molar-refractivity contribution in [1.29, 1.82) is 0 Å². The van der Waals surface area contributed by atoms with Gasteiger partial charge in [0.1, 0.15) is 5.78 Å². The molecule has 5 saturated carbocycles. The van der Waals surface area contributed by atoms with Gasteiger partial charge in [-0.15, -0.1) is 0 Å². The number of hydrogen-bond donors (Lipinski definition) is 1. The summed E-state index contributed by atoms with van der Waals surface area (Å²) in [6, 6.07) is 0. The standard InChI is InChI=1S/C22H34O2/c1-21-11-8-15(23)13-14(21)4-5-16-17(21)9-12-22-10-2-3-20(24)19(22)7-6-18(16)22/h14-19,23H,2-13H2,1H3/t14-,15-,16?,17?,18?,19?,21+,22?/m1/s1. The Kier molecular flexibility index (Phi) is 3.51. The van der Waals surface area contributed by atoms with Crippen molar-refractivity contribution in [2.24, 2.45) is 40.4 Å². The van der Waals surface area contributed by atoms with Crippen molar-refractivity contribution in [3.05, 3.63) is 0 Å². The summed E-state index contributed by atoms with van der Waals surface area (Å²) in [7, 11) is 0. The van der Waals surface area contributed by atoms with Gasteiger partial charge in [-0.2, -0.15) is 0 Å². The predicted octanol–water partition coefficient (Wildman–Crippen LogP) is 4.74. The van der Waals surface area contributed by atoms with E-state index in [2.05, 4.69) is 6.92 Å². The van der Waals surface area contributed by atoms with Crippen LogP contribution in [0.5, 0.6) is 0 Å². The van der Waals surface area contributed by atoms with E-state index in [1.165, 1.54) is 51.4 Å². The Bertz CT molecular complexity index is 542. The highest BCUT2D eigenvalue weighted by molar-refractivity contribution is 5.83. The maximum absolute atomic E-state index is 12.6. The molecule has 5 aliphatic rings. The van der Waals surface area contributed by atoms with Crippen molar-refractivity contribution in [2.45, 2.75) is 90.1 Å². The topological polar surface area (TPSA) is 37.3 Å². The van der Waals surface area contributed by atoms with E-state index in [1.807, 2.05) is 0 Å². The zero-order valence-corrected chi connectivity index (χ0v) is 15.3. The van der Waals surface area contributed by atoms with Crippen molar-refractivity contribution >= 4 is 5.78 Å². The molecule has 0 radical (unpaired) electrons. The number of aliphatic hydroxyl groups excluding tert-OH is 1. The summed E-state index contributed by atoms with van der Waals surface area (Å²) in [5.41, 5.74) is 0.883. The molecule has 0 heterocycles. The Morgan fingerprint density at radius 2 is 1.83 bits per heavy atom. The number of carbonyl (C=O) groups is 1. The molecule has 0 aromatic carbocycles. The van der Waals surface area contributed by atoms with Crippen LogP contribution in [-0.4, -0.2) is 17.0 Å². The monoisotopic (exact) mass is 330 g/mol. The van der Waals surface area contributed by atoms with E-state index in [1.54, 1.807) is 0 Å². The molecule has 24 heavy (non-hydrogen) atoms. The lowest BCUT2D eigenvalue weighted by Gasteiger charge is -2.62. The third-order valence-corrected chi connectivity index (χ3v) is 9.81. The molecule has 8 atom stereocenters. The number of ketones is 1. The fourth-order valence-electron chi connectivity index (χ4n) is 8.78. The van der Waals surface area contributed by atoms with Gasteiger partial charge in [0.25, 0.3) is 0 Å². The lowest BCUT2D eigenvalue weighted by atomic mass is 9.43. The van der Waals surface area contributed by atoms with Gasteiger partial charge in [0.05, 0.1) is 6.10 Å². The van der Waals surface area contributed by atoms with Crippen LogP contribution in [0.15, 0.2) is 0 Å². The van der Waals surface area contributed by atoms with Gasteiger partial charge in [0, 0.05) is 12.3 Å². The number of aliphatic hydroxyl groups is 1. The highest BCUT2D eigenvalue weighted by atomic mass is 16.3. The van der Waals surface area contributed by atoms with Crippen LogP contribution in [0.1, 0.15) is 84.0 Å². The molecule has 0 aliphatic heterocycles. The highest BCUT2D eigenvalue weighted by Gasteiger charge is 2.63. The summed E-state index contributed by atoms with van der Waals surface area (Å²) in [6.07, 6.45) is 14.6. The molecule has 5 unspecified atom stereocenters. The summed E-state index contributed by atoms with van der Waals surface area (Å²) in [5.74, 6) is 4.39. The Balaban J connectivity index is 1.46. The van der Waals surface area contributed by atoms with Crippen LogP contribution >= 0.6 is 0 Å². The Hall–Kier alpha value is -0.370. The molecule has 5 aliphatic carbocycles. The first-order chi connectivity index (χ1) is 11.5. The number of Topliss-reactive ketones (excluding diaryl/α,β-unsaturated/α-hetero) is 1. The molecule has 2 nitrogen and oxygen atoms in total. The van der Waals surface area contributed by atoms with Gasteiger partial charge >= 0.3 is 0 Å². The predicted molar refractivity (Wildman–Crippen MR) is 94.4 cm³/mol. The van der Waals surface area contributed by atoms with E-state index in [0.717, 1.165) is 49.4 Å². The summed E-state index contributed by atoms with van der Waals surface area (Å²) >= 11 is 0. The molecule has 0 bridgehead atoms. The van der Waals surface area contributed by atoms with E-state index in [9.17, 15) is 9.90 Å². The minimum atomic E-state index is -0.0404. The van der Waals surface area contributed by atoms with Gasteiger partial charge < -0.3 is 5.11 Å². The lowest BCUT2D eigenvalue weighted by Crippen LogP contribution is -2.55. The van der Waals surface area contributed by atoms with Gasteiger partial charge in [0.15, 0.2) is 0 Å². The van der Waals surface area contributed by atoms with Gasteiger partial charge in [0.2, 0.25) is 0 Å². The number of rotatable bonds is 0. The normalized spacial score (nSPS) is 56.8. The van der Waals surface area contributed by atoms with Crippen LogP contribution in [0.2, 0.25) is 0 Å². The fourth-order valence-corrected chi connectivity index (χ4v) is 8.78. The van der Waals surface area contributed by atoms with Crippen LogP contribution in [-0.2, 0) is 4.79 Å². The van der Waals surface area contributed by atoms with E-state index in [4.69, 9.17) is 0 Å². The van der Waals surface area contributed by atoms with E-state index in [0.29, 0.717) is 22.5 Å². The first-order valence-electron chi connectivity index (χ1n) is 10.8. The molecule has 134 valence electrons. The first-order valence-corrected chi connectivity index (χ1v) is 10.8. The van der Waals surface area contributed by atoms with Crippen molar-refractivity contribution in [3.63, 3.8) is 0 Å². The second-order valence-electron chi connectivity index (χ2n) is 10.3. The third kappa shape index (κ3) is 1.95. The van der Waals surface area contributed by atoms with Crippen molar-refractivity contribution in [3.8, 4) is 0 Å². The summed E-state index contributed by atoms with van der Waals surface area (Å²) in [4.78, 5) is 12.6. The van der Waals surface area contributed by atoms with Gasteiger partial charge in [-0.3, -0.25) is 4.79 Å². The Labute approximate surface area is 146 Å². The third-order valence-electron chi connectivity index (χ3n) is 9.81. The van der Waals surface area contributed by atoms with Crippen LogP contribution < -0.4 is 0 Å². The Morgan fingerprint density at radius 3 is 2.71 bits per heavy atom. The molecule has 5 fully saturated rings. The van der Waals surface area contributed by atoms with Crippen LogP contribution in [0, 0.1) is 40.4 Å². The largest absolute Gasteiger partial charge is 0.393 e. The zero-order chi connectivity index (χ0) is 16.5. The van der Waals surface area contributed by atoms with E-state index in [-0.39, 0.29) is 6.10 Å². The first kappa shape index (κ1) is 15.9. The quantitative estimate of drug-likeness (QED) is 0.696. The summed E-state index contributed by atoms with van der Waals surface area (Å²) in [6.45, 7) is 2.57. The van der Waals surface area contributed by atoms with E-state index < -0.39 is 0 Å². The zero-order valence-electron chi connectivity index (χ0n) is 15.3. The Morgan fingerprint density at radius 1 is 0.958 bits per heavy atom.